The molecule has 3 rings (SSSR count). The van der Waals surface area contributed by atoms with E-state index < -0.39 is 0 Å². The molecule has 4 heteroatoms. The zero-order valence-corrected chi connectivity index (χ0v) is 12.0. The first-order chi connectivity index (χ1) is 9.72. The third-order valence-corrected chi connectivity index (χ3v) is 3.58. The van der Waals surface area contributed by atoms with Crippen molar-refractivity contribution in [2.45, 2.75) is 38.8 Å². The molecule has 1 aromatic carbocycles. The van der Waals surface area contributed by atoms with Crippen molar-refractivity contribution in [2.75, 3.05) is 13.2 Å². The third-order valence-electron chi connectivity index (χ3n) is 3.58. The molecule has 1 aromatic rings. The normalized spacial score (nSPS) is 26.1. The van der Waals surface area contributed by atoms with Crippen molar-refractivity contribution < 1.29 is 9.47 Å². The van der Waals surface area contributed by atoms with Crippen molar-refractivity contribution in [2.24, 2.45) is 9.98 Å². The molecule has 2 unspecified atom stereocenters. The van der Waals surface area contributed by atoms with Crippen LogP contribution in [0, 0.1) is 0 Å². The fourth-order valence-corrected chi connectivity index (χ4v) is 2.36. The fourth-order valence-electron chi connectivity index (χ4n) is 2.36. The molecule has 0 N–H and O–H groups in total. The van der Waals surface area contributed by atoms with Gasteiger partial charge in [0.1, 0.15) is 0 Å². The standard InChI is InChI=1S/C16H20N2O2/c1-11-6-8-19-15(17-11)13-4-3-5-14(10-13)16-18-12(2)7-9-20-16/h3-5,10-12H,6-9H2,1-2H3. The summed E-state index contributed by atoms with van der Waals surface area (Å²) in [5.74, 6) is 1.46. The summed E-state index contributed by atoms with van der Waals surface area (Å²) in [6.07, 6.45) is 1.97. The van der Waals surface area contributed by atoms with E-state index in [0.29, 0.717) is 12.1 Å². The molecule has 2 aliphatic rings. The Morgan fingerprint density at radius 2 is 1.40 bits per heavy atom. The predicted octanol–water partition coefficient (Wildman–Crippen LogP) is 2.80. The number of aliphatic imine (C=N–C) groups is 2. The van der Waals surface area contributed by atoms with Gasteiger partial charge in [-0.2, -0.15) is 0 Å². The molecule has 0 aliphatic carbocycles. The summed E-state index contributed by atoms with van der Waals surface area (Å²) in [5, 5.41) is 0. The summed E-state index contributed by atoms with van der Waals surface area (Å²) in [6, 6.07) is 8.74. The molecule has 0 bridgehead atoms. The maximum atomic E-state index is 5.67. The SMILES string of the molecule is CC1CCOC(c2cccc(C3=NC(C)CCO3)c2)=N1. The van der Waals surface area contributed by atoms with E-state index in [1.807, 2.05) is 24.3 Å². The van der Waals surface area contributed by atoms with Gasteiger partial charge in [0.25, 0.3) is 0 Å². The molecular formula is C16H20N2O2. The first-order valence-corrected chi connectivity index (χ1v) is 7.24. The Bertz CT molecular complexity index is 506. The minimum Gasteiger partial charge on any atom is -0.477 e. The van der Waals surface area contributed by atoms with Crippen LogP contribution in [0.1, 0.15) is 37.8 Å². The maximum Gasteiger partial charge on any atom is 0.216 e. The molecule has 0 amide bonds. The molecule has 2 atom stereocenters. The van der Waals surface area contributed by atoms with Crippen LogP contribution in [0.25, 0.3) is 0 Å². The summed E-state index contributed by atoms with van der Waals surface area (Å²) >= 11 is 0. The summed E-state index contributed by atoms with van der Waals surface area (Å²) in [7, 11) is 0. The molecule has 4 nitrogen and oxygen atoms in total. The molecule has 0 spiro atoms. The lowest BCUT2D eigenvalue weighted by Gasteiger charge is -2.20. The van der Waals surface area contributed by atoms with E-state index in [0.717, 1.165) is 49.0 Å². The highest BCUT2D eigenvalue weighted by Crippen LogP contribution is 2.17. The third kappa shape index (κ3) is 2.84. The number of benzene rings is 1. The highest BCUT2D eigenvalue weighted by Gasteiger charge is 2.17. The van der Waals surface area contributed by atoms with Crippen molar-refractivity contribution >= 4 is 11.8 Å². The fraction of sp³-hybridized carbons (Fsp3) is 0.500. The van der Waals surface area contributed by atoms with Gasteiger partial charge in [0.05, 0.1) is 25.3 Å². The number of hydrogen-bond acceptors (Lipinski definition) is 4. The van der Waals surface area contributed by atoms with Crippen LogP contribution in [0.3, 0.4) is 0 Å². The molecule has 0 aromatic heterocycles. The van der Waals surface area contributed by atoms with Gasteiger partial charge in [-0.1, -0.05) is 6.07 Å². The smallest absolute Gasteiger partial charge is 0.216 e. The predicted molar refractivity (Wildman–Crippen MR) is 79.6 cm³/mol. The van der Waals surface area contributed by atoms with Crippen molar-refractivity contribution in [1.29, 1.82) is 0 Å². The van der Waals surface area contributed by atoms with Crippen molar-refractivity contribution in [3.8, 4) is 0 Å². The van der Waals surface area contributed by atoms with Crippen LogP contribution in [0.15, 0.2) is 34.3 Å². The Morgan fingerprint density at radius 3 is 1.85 bits per heavy atom. The van der Waals surface area contributed by atoms with Gasteiger partial charge in [-0.15, -0.1) is 0 Å². The Balaban J connectivity index is 1.90. The zero-order valence-electron chi connectivity index (χ0n) is 12.0. The maximum absolute atomic E-state index is 5.67. The topological polar surface area (TPSA) is 43.2 Å². The average molecular weight is 272 g/mol. The van der Waals surface area contributed by atoms with Crippen molar-refractivity contribution in [3.63, 3.8) is 0 Å². The van der Waals surface area contributed by atoms with Gasteiger partial charge < -0.3 is 9.47 Å². The monoisotopic (exact) mass is 272 g/mol. The van der Waals surface area contributed by atoms with E-state index in [4.69, 9.17) is 9.47 Å². The van der Waals surface area contributed by atoms with Gasteiger partial charge in [0.2, 0.25) is 11.8 Å². The van der Waals surface area contributed by atoms with Gasteiger partial charge >= 0.3 is 0 Å². The van der Waals surface area contributed by atoms with Crippen LogP contribution < -0.4 is 0 Å². The van der Waals surface area contributed by atoms with E-state index >= 15 is 0 Å². The lowest BCUT2D eigenvalue weighted by Crippen LogP contribution is -2.22. The molecule has 106 valence electrons. The molecule has 0 fully saturated rings. The molecular weight excluding hydrogens is 252 g/mol. The minimum absolute atomic E-state index is 0.325. The van der Waals surface area contributed by atoms with Crippen LogP contribution in [-0.2, 0) is 9.47 Å². The Morgan fingerprint density at radius 1 is 0.900 bits per heavy atom. The van der Waals surface area contributed by atoms with Crippen LogP contribution in [0.4, 0.5) is 0 Å². The first kappa shape index (κ1) is 13.2. The van der Waals surface area contributed by atoms with Crippen LogP contribution >= 0.6 is 0 Å². The quantitative estimate of drug-likeness (QED) is 0.831. The molecule has 0 saturated carbocycles. The van der Waals surface area contributed by atoms with Gasteiger partial charge in [0, 0.05) is 24.0 Å². The lowest BCUT2D eigenvalue weighted by molar-refractivity contribution is 0.264. The molecule has 20 heavy (non-hydrogen) atoms. The second-order valence-electron chi connectivity index (χ2n) is 5.42. The molecule has 2 heterocycles. The van der Waals surface area contributed by atoms with Crippen molar-refractivity contribution in [3.05, 3.63) is 35.4 Å². The minimum atomic E-state index is 0.325. The van der Waals surface area contributed by atoms with E-state index in [9.17, 15) is 0 Å². The molecule has 0 saturated heterocycles. The first-order valence-electron chi connectivity index (χ1n) is 7.24. The summed E-state index contributed by atoms with van der Waals surface area (Å²) in [5.41, 5.74) is 2.00. The number of rotatable bonds is 2. The van der Waals surface area contributed by atoms with Gasteiger partial charge in [-0.3, -0.25) is 0 Å². The highest BCUT2D eigenvalue weighted by molar-refractivity contribution is 6.00. The summed E-state index contributed by atoms with van der Waals surface area (Å²) in [6.45, 7) is 5.70. The van der Waals surface area contributed by atoms with Gasteiger partial charge in [-0.25, -0.2) is 9.98 Å². The number of hydrogen-bond donors (Lipinski definition) is 0. The van der Waals surface area contributed by atoms with Crippen molar-refractivity contribution in [1.82, 2.24) is 0 Å². The second-order valence-corrected chi connectivity index (χ2v) is 5.42. The summed E-state index contributed by atoms with van der Waals surface area (Å²) in [4.78, 5) is 9.13. The van der Waals surface area contributed by atoms with Crippen LogP contribution in [0.5, 0.6) is 0 Å². The highest BCUT2D eigenvalue weighted by atomic mass is 16.5. The number of nitrogens with zero attached hydrogens (tertiary/aromatic N) is 2. The van der Waals surface area contributed by atoms with Crippen LogP contribution in [0.2, 0.25) is 0 Å². The van der Waals surface area contributed by atoms with E-state index in [2.05, 4.69) is 23.8 Å². The van der Waals surface area contributed by atoms with E-state index in [1.54, 1.807) is 0 Å². The Labute approximate surface area is 119 Å². The number of ether oxygens (including phenoxy) is 2. The van der Waals surface area contributed by atoms with E-state index in [-0.39, 0.29) is 0 Å². The molecule has 2 aliphatic heterocycles. The average Bonchev–Trinajstić information content (AvgIpc) is 2.47. The van der Waals surface area contributed by atoms with Gasteiger partial charge in [-0.05, 0) is 32.0 Å². The van der Waals surface area contributed by atoms with Crippen LogP contribution in [-0.4, -0.2) is 37.1 Å². The van der Waals surface area contributed by atoms with Gasteiger partial charge in [0.15, 0.2) is 0 Å². The Hall–Kier alpha value is -1.84. The second kappa shape index (κ2) is 5.65. The lowest BCUT2D eigenvalue weighted by atomic mass is 10.1. The largest absolute Gasteiger partial charge is 0.477 e. The Kier molecular flexibility index (Phi) is 3.72. The summed E-state index contributed by atoms with van der Waals surface area (Å²) < 4.78 is 11.3. The van der Waals surface area contributed by atoms with E-state index in [1.165, 1.54) is 0 Å². The molecule has 0 radical (unpaired) electrons. The zero-order chi connectivity index (χ0) is 13.9.